The highest BCUT2D eigenvalue weighted by atomic mass is 127. The van der Waals surface area contributed by atoms with E-state index in [1.54, 1.807) is 67.7 Å². The number of para-hydroxylation sites is 2. The molecule has 4 rings (SSSR count). The Morgan fingerprint density at radius 1 is 1.03 bits per heavy atom. The fraction of sp³-hybridized carbons (Fsp3) is 0.231. The quantitative estimate of drug-likeness (QED) is 0.217. The lowest BCUT2D eigenvalue weighted by molar-refractivity contribution is -0.134. The number of carbonyl (C=O) groups excluding carboxylic acids is 2. The molecule has 2 N–H and O–H groups in total. The van der Waals surface area contributed by atoms with Crippen molar-refractivity contribution in [2.45, 2.75) is 30.3 Å². The number of nitrogens with one attached hydrogen (secondary N) is 2. The number of rotatable bonds is 9. The number of benzene rings is 3. The third kappa shape index (κ3) is 5.71. The molecule has 0 saturated heterocycles. The molecule has 10 heteroatoms. The normalized spacial score (nSPS) is 14.8. The largest absolute Gasteiger partial charge is 0.426 e. The van der Waals surface area contributed by atoms with Crippen LogP contribution in [0.25, 0.3) is 0 Å². The van der Waals surface area contributed by atoms with E-state index in [4.69, 9.17) is 4.74 Å². The number of carbonyl (C=O) groups is 2. The first kappa shape index (κ1) is 26.1. The van der Waals surface area contributed by atoms with Crippen molar-refractivity contribution in [2.24, 2.45) is 0 Å². The van der Waals surface area contributed by atoms with Gasteiger partial charge in [-0.05, 0) is 71.6 Å². The Hall–Kier alpha value is -2.96. The molecule has 0 saturated carbocycles. The number of hydrogen-bond acceptors (Lipinski definition) is 6. The standard InChI is InChI=1S/C26H26IN3O5S/c1-28-15-14-25(31)35-24-9-5-3-7-19(24)17-29-26(32)23-16-18-6-2-4-8-22(18)30(23)36(33,34)21-12-10-20(27)11-13-21/h2-13,23,28H,14-17H2,1H3,(H,29,32)/t23-/m0/s1. The number of sulfonamides is 1. The minimum Gasteiger partial charge on any atom is -0.426 e. The number of halogens is 1. The molecule has 8 nitrogen and oxygen atoms in total. The van der Waals surface area contributed by atoms with E-state index < -0.39 is 22.0 Å². The van der Waals surface area contributed by atoms with Gasteiger partial charge in [-0.3, -0.25) is 13.9 Å². The first-order valence-corrected chi connectivity index (χ1v) is 13.9. The summed E-state index contributed by atoms with van der Waals surface area (Å²) < 4.78 is 34.9. The van der Waals surface area contributed by atoms with Gasteiger partial charge in [-0.25, -0.2) is 8.42 Å². The van der Waals surface area contributed by atoms with Crippen molar-refractivity contribution >= 4 is 50.2 Å². The van der Waals surface area contributed by atoms with Crippen molar-refractivity contribution in [1.29, 1.82) is 0 Å². The Balaban J connectivity index is 1.55. The highest BCUT2D eigenvalue weighted by Crippen LogP contribution is 2.37. The Morgan fingerprint density at radius 2 is 1.72 bits per heavy atom. The Bertz CT molecular complexity index is 1360. The summed E-state index contributed by atoms with van der Waals surface area (Å²) in [5.41, 5.74) is 1.90. The van der Waals surface area contributed by atoms with E-state index >= 15 is 0 Å². The average Bonchev–Trinajstić information content (AvgIpc) is 3.28. The summed E-state index contributed by atoms with van der Waals surface area (Å²) in [5.74, 6) is -0.460. The molecule has 1 heterocycles. The number of amides is 1. The molecule has 36 heavy (non-hydrogen) atoms. The maximum atomic E-state index is 13.6. The predicted molar refractivity (Wildman–Crippen MR) is 145 cm³/mol. The zero-order valence-electron chi connectivity index (χ0n) is 19.6. The minimum absolute atomic E-state index is 0.0819. The van der Waals surface area contributed by atoms with E-state index in [0.717, 1.165) is 9.13 Å². The molecule has 1 atom stereocenters. The van der Waals surface area contributed by atoms with Crippen molar-refractivity contribution in [3.05, 3.63) is 87.5 Å². The van der Waals surface area contributed by atoms with Crippen LogP contribution in [0.2, 0.25) is 0 Å². The molecular weight excluding hydrogens is 593 g/mol. The highest BCUT2D eigenvalue weighted by molar-refractivity contribution is 14.1. The molecule has 1 aliphatic rings. The smallest absolute Gasteiger partial charge is 0.312 e. The lowest BCUT2D eigenvalue weighted by atomic mass is 10.1. The molecule has 0 fully saturated rings. The third-order valence-corrected chi connectivity index (χ3v) is 8.38. The van der Waals surface area contributed by atoms with Crippen LogP contribution < -0.4 is 19.7 Å². The molecule has 188 valence electrons. The van der Waals surface area contributed by atoms with Crippen molar-refractivity contribution in [1.82, 2.24) is 10.6 Å². The van der Waals surface area contributed by atoms with Crippen molar-refractivity contribution in [3.8, 4) is 5.75 Å². The van der Waals surface area contributed by atoms with Gasteiger partial charge in [0.1, 0.15) is 11.8 Å². The van der Waals surface area contributed by atoms with Gasteiger partial charge in [0.15, 0.2) is 0 Å². The lowest BCUT2D eigenvalue weighted by Gasteiger charge is -2.26. The number of fused-ring (bicyclic) bond motifs is 1. The highest BCUT2D eigenvalue weighted by Gasteiger charge is 2.42. The summed E-state index contributed by atoms with van der Waals surface area (Å²) in [7, 11) is -2.24. The molecule has 0 radical (unpaired) electrons. The Kier molecular flexibility index (Phi) is 8.27. The first-order chi connectivity index (χ1) is 17.3. The summed E-state index contributed by atoms with van der Waals surface area (Å²) in [6, 6.07) is 19.7. The first-order valence-electron chi connectivity index (χ1n) is 11.4. The van der Waals surface area contributed by atoms with Gasteiger partial charge in [0.25, 0.3) is 10.0 Å². The molecule has 3 aromatic rings. The number of hydrogen-bond donors (Lipinski definition) is 2. The summed E-state index contributed by atoms with van der Waals surface area (Å²) in [6.45, 7) is 0.573. The Morgan fingerprint density at radius 3 is 2.47 bits per heavy atom. The maximum Gasteiger partial charge on any atom is 0.312 e. The van der Waals surface area contributed by atoms with E-state index in [1.165, 1.54) is 4.31 Å². The van der Waals surface area contributed by atoms with Crippen LogP contribution in [0.1, 0.15) is 17.5 Å². The van der Waals surface area contributed by atoms with Gasteiger partial charge in [0.05, 0.1) is 17.0 Å². The van der Waals surface area contributed by atoms with Crippen LogP contribution in [0.15, 0.2) is 77.7 Å². The zero-order chi connectivity index (χ0) is 25.7. The molecule has 0 bridgehead atoms. The van der Waals surface area contributed by atoms with E-state index in [-0.39, 0.29) is 30.3 Å². The zero-order valence-corrected chi connectivity index (χ0v) is 22.6. The molecule has 0 aromatic heterocycles. The molecule has 1 aliphatic heterocycles. The van der Waals surface area contributed by atoms with Crippen molar-refractivity contribution in [2.75, 3.05) is 17.9 Å². The predicted octanol–water partition coefficient (Wildman–Crippen LogP) is 3.24. The summed E-state index contributed by atoms with van der Waals surface area (Å²) in [4.78, 5) is 25.6. The van der Waals surface area contributed by atoms with Gasteiger partial charge >= 0.3 is 5.97 Å². The number of esters is 1. The minimum atomic E-state index is -3.99. The molecule has 0 aliphatic carbocycles. The second kappa shape index (κ2) is 11.4. The lowest BCUT2D eigenvalue weighted by Crippen LogP contribution is -2.47. The summed E-state index contributed by atoms with van der Waals surface area (Å²) in [5, 5.41) is 5.74. The van der Waals surface area contributed by atoms with Crippen molar-refractivity contribution in [3.63, 3.8) is 0 Å². The average molecular weight is 619 g/mol. The van der Waals surface area contributed by atoms with Gasteiger partial charge < -0.3 is 15.4 Å². The van der Waals surface area contributed by atoms with Crippen LogP contribution in [0, 0.1) is 3.57 Å². The topological polar surface area (TPSA) is 105 Å². The number of ether oxygens (including phenoxy) is 1. The molecular formula is C26H26IN3O5S. The SMILES string of the molecule is CNCCC(=O)Oc1ccccc1CNC(=O)[C@@H]1Cc2ccccc2N1S(=O)(=O)c1ccc(I)cc1. The van der Waals surface area contributed by atoms with Crippen LogP contribution >= 0.6 is 22.6 Å². The second-order valence-electron chi connectivity index (χ2n) is 8.26. The van der Waals surface area contributed by atoms with Gasteiger partial charge in [-0.2, -0.15) is 0 Å². The van der Waals surface area contributed by atoms with E-state index in [1.807, 2.05) is 12.1 Å². The monoisotopic (exact) mass is 619 g/mol. The van der Waals surface area contributed by atoms with Gasteiger partial charge in [0, 0.05) is 28.6 Å². The molecule has 0 unspecified atom stereocenters. The summed E-state index contributed by atoms with van der Waals surface area (Å²) >= 11 is 2.11. The fourth-order valence-electron chi connectivity index (χ4n) is 4.02. The van der Waals surface area contributed by atoms with Crippen LogP contribution in [-0.2, 0) is 32.6 Å². The molecule has 3 aromatic carbocycles. The van der Waals surface area contributed by atoms with Gasteiger partial charge in [-0.15, -0.1) is 0 Å². The van der Waals surface area contributed by atoms with E-state index in [9.17, 15) is 18.0 Å². The number of anilines is 1. The van der Waals surface area contributed by atoms with Crippen LogP contribution in [-0.4, -0.2) is 39.9 Å². The van der Waals surface area contributed by atoms with E-state index in [2.05, 4.69) is 33.2 Å². The van der Waals surface area contributed by atoms with Crippen LogP contribution in [0.3, 0.4) is 0 Å². The second-order valence-corrected chi connectivity index (χ2v) is 11.3. The molecule has 1 amide bonds. The van der Waals surface area contributed by atoms with E-state index in [0.29, 0.717) is 23.5 Å². The Labute approximate surface area is 224 Å². The van der Waals surface area contributed by atoms with Crippen LogP contribution in [0.5, 0.6) is 5.75 Å². The summed E-state index contributed by atoms with van der Waals surface area (Å²) in [6.07, 6.45) is 0.467. The fourth-order valence-corrected chi connectivity index (χ4v) is 6.03. The van der Waals surface area contributed by atoms with Gasteiger partial charge in [-0.1, -0.05) is 36.4 Å². The van der Waals surface area contributed by atoms with Crippen molar-refractivity contribution < 1.29 is 22.7 Å². The molecule has 0 spiro atoms. The maximum absolute atomic E-state index is 13.6. The van der Waals surface area contributed by atoms with Gasteiger partial charge in [0.2, 0.25) is 5.91 Å². The number of nitrogens with zero attached hydrogens (tertiary/aromatic N) is 1. The van der Waals surface area contributed by atoms with Crippen LogP contribution in [0.4, 0.5) is 5.69 Å². The third-order valence-electron chi connectivity index (χ3n) is 5.83.